The molecule has 0 aliphatic heterocycles. The van der Waals surface area contributed by atoms with Crippen LogP contribution in [0.15, 0.2) is 12.2 Å². The van der Waals surface area contributed by atoms with Crippen LogP contribution in [0.2, 0.25) is 0 Å². The largest absolute Gasteiger partial charge is 0.550 e. The highest BCUT2D eigenvalue weighted by molar-refractivity contribution is 5.67. The minimum absolute atomic E-state index is 0.0975. The lowest BCUT2D eigenvalue weighted by Crippen LogP contribution is -2.53. The molecule has 0 aromatic carbocycles. The number of carboxylic acids is 3. The lowest BCUT2D eigenvalue weighted by Gasteiger charge is -2.38. The van der Waals surface area contributed by atoms with Gasteiger partial charge in [0, 0.05) is 12.4 Å². The molecule has 0 radical (unpaired) electrons. The van der Waals surface area contributed by atoms with Crippen molar-refractivity contribution in [3.05, 3.63) is 12.2 Å². The van der Waals surface area contributed by atoms with Gasteiger partial charge in [-0.1, -0.05) is 57.6 Å². The minimum atomic E-state index is -1.19. The van der Waals surface area contributed by atoms with Gasteiger partial charge in [-0.25, -0.2) is 0 Å². The van der Waals surface area contributed by atoms with E-state index in [1.165, 1.54) is 44.9 Å². The molecular weight excluding hydrogens is 410 g/mol. The number of quaternary nitrogens is 1. The van der Waals surface area contributed by atoms with E-state index < -0.39 is 17.9 Å². The molecule has 7 nitrogen and oxygen atoms in total. The molecule has 0 unspecified atom stereocenters. The fourth-order valence-corrected chi connectivity index (χ4v) is 4.01. The molecule has 0 saturated heterocycles. The Morgan fingerprint density at radius 3 is 1.56 bits per heavy atom. The zero-order valence-corrected chi connectivity index (χ0v) is 20.1. The smallest absolute Gasteiger partial charge is 0.309 e. The molecule has 0 amide bonds. The lowest BCUT2D eigenvalue weighted by molar-refractivity contribution is -0.927. The third-order valence-corrected chi connectivity index (χ3v) is 6.03. The molecule has 0 aromatic heterocycles. The summed E-state index contributed by atoms with van der Waals surface area (Å²) in [5.41, 5.74) is 0. The Morgan fingerprint density at radius 2 is 1.09 bits per heavy atom. The van der Waals surface area contributed by atoms with E-state index in [1.54, 1.807) is 0 Å². The maximum atomic E-state index is 11.1. The predicted octanol–water partition coefficient (Wildman–Crippen LogP) is 4.15. The van der Waals surface area contributed by atoms with Crippen molar-refractivity contribution in [2.24, 2.45) is 0 Å². The van der Waals surface area contributed by atoms with Crippen molar-refractivity contribution in [1.82, 2.24) is 0 Å². The summed E-state index contributed by atoms with van der Waals surface area (Å²) in [7, 11) is 0. The average molecular weight is 456 g/mol. The Labute approximate surface area is 194 Å². The number of hydrogen-bond donors (Lipinski definition) is 2. The number of hydrogen-bond acceptors (Lipinski definition) is 4. The van der Waals surface area contributed by atoms with E-state index in [2.05, 4.69) is 19.1 Å². The van der Waals surface area contributed by atoms with Crippen molar-refractivity contribution in [3.8, 4) is 0 Å². The van der Waals surface area contributed by atoms with E-state index >= 15 is 0 Å². The molecule has 2 N–H and O–H groups in total. The molecular formula is C25H45NO6. The van der Waals surface area contributed by atoms with Gasteiger partial charge in [0.1, 0.15) is 0 Å². The molecule has 7 heteroatoms. The molecule has 0 spiro atoms. The standard InChI is InChI=1S/C25H45NO6/c1-2-3-4-5-6-7-8-9-10-11-12-13-14-15-19-26(20-16-23(27)28,21-17-24(29)30)22-18-25(31)32/h6-7H,2-5,8-22H2,1H3,(H2-,27,28,29,30,31,32)/b7-6+. The van der Waals surface area contributed by atoms with E-state index in [0.29, 0.717) is 6.54 Å². The number of allylic oxidation sites excluding steroid dienone is 2. The third kappa shape index (κ3) is 18.8. The van der Waals surface area contributed by atoms with Crippen molar-refractivity contribution in [2.75, 3.05) is 26.2 Å². The lowest BCUT2D eigenvalue weighted by atomic mass is 10.1. The molecule has 0 bridgehead atoms. The van der Waals surface area contributed by atoms with Crippen LogP contribution >= 0.6 is 0 Å². The van der Waals surface area contributed by atoms with Gasteiger partial charge in [0.05, 0.1) is 39.0 Å². The van der Waals surface area contributed by atoms with Crippen molar-refractivity contribution >= 4 is 17.9 Å². The number of unbranched alkanes of at least 4 members (excludes halogenated alkanes) is 10. The zero-order chi connectivity index (χ0) is 24.1. The van der Waals surface area contributed by atoms with Crippen LogP contribution in [0.5, 0.6) is 0 Å². The monoisotopic (exact) mass is 455 g/mol. The van der Waals surface area contributed by atoms with Gasteiger partial charge < -0.3 is 24.6 Å². The summed E-state index contributed by atoms with van der Waals surface area (Å²) in [6.07, 6.45) is 18.1. The van der Waals surface area contributed by atoms with Gasteiger partial charge >= 0.3 is 11.9 Å². The molecule has 0 fully saturated rings. The van der Waals surface area contributed by atoms with Gasteiger partial charge in [-0.3, -0.25) is 9.59 Å². The SMILES string of the molecule is CCCCC/C=C/CCCCCCCCC[N+](CCC(=O)[O-])(CCC(=O)O)CCC(=O)O. The van der Waals surface area contributed by atoms with E-state index in [9.17, 15) is 19.5 Å². The Morgan fingerprint density at radius 1 is 0.656 bits per heavy atom. The van der Waals surface area contributed by atoms with Gasteiger partial charge in [0.15, 0.2) is 0 Å². The normalized spacial score (nSPS) is 11.8. The van der Waals surface area contributed by atoms with Crippen LogP contribution in [-0.4, -0.2) is 58.8 Å². The van der Waals surface area contributed by atoms with Crippen LogP contribution in [0.25, 0.3) is 0 Å². The second-order valence-corrected chi connectivity index (χ2v) is 8.88. The van der Waals surface area contributed by atoms with E-state index in [-0.39, 0.29) is 43.4 Å². The third-order valence-electron chi connectivity index (χ3n) is 6.03. The first-order valence-electron chi connectivity index (χ1n) is 12.4. The van der Waals surface area contributed by atoms with E-state index in [4.69, 9.17) is 10.2 Å². The fourth-order valence-electron chi connectivity index (χ4n) is 4.01. The summed E-state index contributed by atoms with van der Waals surface area (Å²) in [5, 5.41) is 29.1. The van der Waals surface area contributed by atoms with Crippen LogP contribution in [0.4, 0.5) is 0 Å². The Bertz CT molecular complexity index is 501. The Balaban J connectivity index is 4.23. The summed E-state index contributed by atoms with van der Waals surface area (Å²) in [4.78, 5) is 33.1. The van der Waals surface area contributed by atoms with Crippen LogP contribution in [0.3, 0.4) is 0 Å². The number of carboxylic acid groups (broad SMARTS) is 3. The second-order valence-electron chi connectivity index (χ2n) is 8.88. The number of aliphatic carboxylic acids is 3. The average Bonchev–Trinajstić information content (AvgIpc) is 2.74. The summed E-state index contributed by atoms with van der Waals surface area (Å²) >= 11 is 0. The summed E-state index contributed by atoms with van der Waals surface area (Å²) < 4.78 is 0.219. The number of rotatable bonds is 23. The summed E-state index contributed by atoms with van der Waals surface area (Å²) in [6, 6.07) is 0. The Kier molecular flexibility index (Phi) is 18.6. The molecule has 0 saturated carbocycles. The molecule has 0 rings (SSSR count). The molecule has 0 aromatic rings. The van der Waals surface area contributed by atoms with Crippen molar-refractivity contribution in [1.29, 1.82) is 0 Å². The minimum Gasteiger partial charge on any atom is -0.550 e. The van der Waals surface area contributed by atoms with Crippen LogP contribution in [0, 0.1) is 0 Å². The Hall–Kier alpha value is -1.89. The molecule has 0 aliphatic carbocycles. The summed E-state index contributed by atoms with van der Waals surface area (Å²) in [6.45, 7) is 3.55. The first-order valence-corrected chi connectivity index (χ1v) is 12.4. The topological polar surface area (TPSA) is 115 Å². The molecule has 186 valence electrons. The fraction of sp³-hybridized carbons (Fsp3) is 0.800. The van der Waals surface area contributed by atoms with Crippen molar-refractivity contribution in [2.45, 2.75) is 103 Å². The number of carbonyl (C=O) groups excluding carboxylic acids is 1. The predicted molar refractivity (Wildman–Crippen MR) is 124 cm³/mol. The quantitative estimate of drug-likeness (QED) is 0.136. The highest BCUT2D eigenvalue weighted by Gasteiger charge is 2.28. The van der Waals surface area contributed by atoms with Gasteiger partial charge in [-0.15, -0.1) is 0 Å². The van der Waals surface area contributed by atoms with Crippen LogP contribution in [0.1, 0.15) is 103 Å². The van der Waals surface area contributed by atoms with Crippen LogP contribution in [-0.2, 0) is 14.4 Å². The second kappa shape index (κ2) is 19.8. The van der Waals surface area contributed by atoms with Gasteiger partial charge in [0.2, 0.25) is 0 Å². The zero-order valence-electron chi connectivity index (χ0n) is 20.1. The van der Waals surface area contributed by atoms with Gasteiger partial charge in [-0.2, -0.15) is 0 Å². The maximum absolute atomic E-state index is 11.1. The van der Waals surface area contributed by atoms with E-state index in [1.807, 2.05) is 0 Å². The first-order chi connectivity index (χ1) is 15.3. The van der Waals surface area contributed by atoms with Crippen molar-refractivity contribution in [3.63, 3.8) is 0 Å². The van der Waals surface area contributed by atoms with Crippen LogP contribution < -0.4 is 5.11 Å². The highest BCUT2D eigenvalue weighted by atomic mass is 16.4. The summed E-state index contributed by atoms with van der Waals surface area (Å²) in [5.74, 6) is -3.09. The first kappa shape index (κ1) is 30.1. The molecule has 32 heavy (non-hydrogen) atoms. The molecule has 0 atom stereocenters. The van der Waals surface area contributed by atoms with E-state index in [0.717, 1.165) is 32.1 Å². The molecule has 0 aliphatic rings. The highest BCUT2D eigenvalue weighted by Crippen LogP contribution is 2.16. The van der Waals surface area contributed by atoms with Gasteiger partial charge in [-0.05, 0) is 38.5 Å². The maximum Gasteiger partial charge on any atom is 0.309 e. The molecule has 0 heterocycles. The number of carbonyl (C=O) groups is 3. The number of nitrogens with zero attached hydrogens (tertiary/aromatic N) is 1. The van der Waals surface area contributed by atoms with Gasteiger partial charge in [0.25, 0.3) is 0 Å². The van der Waals surface area contributed by atoms with Crippen molar-refractivity contribution < 1.29 is 34.2 Å².